The Bertz CT molecular complexity index is 301. The molecule has 0 heteroatoms. The van der Waals surface area contributed by atoms with E-state index >= 15 is 0 Å². The average Bonchev–Trinajstić information content (AvgIpc) is 3.33. The Morgan fingerprint density at radius 1 is 0.500 bits per heavy atom. The summed E-state index contributed by atoms with van der Waals surface area (Å²) in [7, 11) is 0. The van der Waals surface area contributed by atoms with Gasteiger partial charge in [-0.25, -0.2) is 0 Å². The normalized spacial score (nSPS) is 23.9. The van der Waals surface area contributed by atoms with Crippen molar-refractivity contribution in [1.29, 1.82) is 0 Å². The van der Waals surface area contributed by atoms with Crippen LogP contribution in [0.15, 0.2) is 0 Å². The molecule has 2 atom stereocenters. The van der Waals surface area contributed by atoms with E-state index in [0.717, 1.165) is 17.8 Å². The van der Waals surface area contributed by atoms with Crippen molar-refractivity contribution in [3.05, 3.63) is 0 Å². The van der Waals surface area contributed by atoms with E-state index in [1.54, 1.807) is 38.5 Å². The largest absolute Gasteiger partial charge is 0.0654 e. The van der Waals surface area contributed by atoms with E-state index in [1.807, 2.05) is 0 Å². The number of hydrogen-bond acceptors (Lipinski definition) is 0. The van der Waals surface area contributed by atoms with Gasteiger partial charge in [-0.15, -0.1) is 0 Å². The van der Waals surface area contributed by atoms with Crippen molar-refractivity contribution in [3.8, 4) is 0 Å². The third-order valence-electron chi connectivity index (χ3n) is 7.65. The van der Waals surface area contributed by atoms with Gasteiger partial charge in [0.25, 0.3) is 0 Å². The summed E-state index contributed by atoms with van der Waals surface area (Å²) in [6.07, 6.45) is 33.3. The molecule has 0 aliphatic heterocycles. The Labute approximate surface area is 166 Å². The van der Waals surface area contributed by atoms with Gasteiger partial charge in [0.15, 0.2) is 0 Å². The Morgan fingerprint density at radius 3 is 1.54 bits per heavy atom. The molecule has 0 aromatic heterocycles. The van der Waals surface area contributed by atoms with E-state index in [0.29, 0.717) is 0 Å². The van der Waals surface area contributed by atoms with Crippen LogP contribution < -0.4 is 0 Å². The maximum absolute atomic E-state index is 2.31. The Hall–Kier alpha value is 0. The molecule has 0 saturated heterocycles. The molecule has 2 fully saturated rings. The maximum Gasteiger partial charge on any atom is -0.0357 e. The van der Waals surface area contributed by atoms with E-state index in [9.17, 15) is 0 Å². The van der Waals surface area contributed by atoms with Gasteiger partial charge in [-0.3, -0.25) is 0 Å². The number of hydrogen-bond donors (Lipinski definition) is 0. The summed E-state index contributed by atoms with van der Waals surface area (Å²) in [5.41, 5.74) is 0. The highest BCUT2D eigenvalue weighted by atomic mass is 14.4. The minimum absolute atomic E-state index is 1.12. The molecule has 2 unspecified atom stereocenters. The Balaban J connectivity index is 1.33. The summed E-state index contributed by atoms with van der Waals surface area (Å²) in [5.74, 6) is 3.39. The second-order valence-corrected chi connectivity index (χ2v) is 9.78. The summed E-state index contributed by atoms with van der Waals surface area (Å²) >= 11 is 0. The van der Waals surface area contributed by atoms with Crippen LogP contribution in [0.2, 0.25) is 0 Å². The van der Waals surface area contributed by atoms with Crippen LogP contribution in [0.1, 0.15) is 148 Å². The fraction of sp³-hybridized carbons (Fsp3) is 1.00. The first-order chi connectivity index (χ1) is 12.9. The smallest absolute Gasteiger partial charge is 0.0357 e. The number of rotatable bonds is 16. The van der Waals surface area contributed by atoms with Crippen LogP contribution >= 0.6 is 0 Å². The van der Waals surface area contributed by atoms with Gasteiger partial charge in [0, 0.05) is 0 Å². The van der Waals surface area contributed by atoms with E-state index < -0.39 is 0 Å². The van der Waals surface area contributed by atoms with Crippen molar-refractivity contribution in [1.82, 2.24) is 0 Å². The first-order valence-corrected chi connectivity index (χ1v) is 12.9. The molecule has 0 spiro atoms. The summed E-state index contributed by atoms with van der Waals surface area (Å²) in [4.78, 5) is 0. The molecule has 2 aliphatic carbocycles. The zero-order valence-electron chi connectivity index (χ0n) is 18.3. The van der Waals surface area contributed by atoms with Crippen LogP contribution in [0.4, 0.5) is 0 Å². The molecule has 26 heavy (non-hydrogen) atoms. The molecule has 0 nitrogen and oxygen atoms in total. The fourth-order valence-electron chi connectivity index (χ4n) is 6.03. The quantitative estimate of drug-likeness (QED) is 0.240. The average molecular weight is 363 g/mol. The van der Waals surface area contributed by atoms with Gasteiger partial charge in [-0.1, -0.05) is 142 Å². The third kappa shape index (κ3) is 9.27. The van der Waals surface area contributed by atoms with Gasteiger partial charge < -0.3 is 0 Å². The molecule has 2 aliphatic rings. The topological polar surface area (TPSA) is 0 Å². The van der Waals surface area contributed by atoms with Gasteiger partial charge in [0.2, 0.25) is 0 Å². The highest BCUT2D eigenvalue weighted by Crippen LogP contribution is 2.45. The highest BCUT2D eigenvalue weighted by Gasteiger charge is 2.34. The fourth-order valence-corrected chi connectivity index (χ4v) is 6.03. The monoisotopic (exact) mass is 362 g/mol. The minimum atomic E-state index is 1.12. The lowest BCUT2D eigenvalue weighted by molar-refractivity contribution is 0.248. The summed E-state index contributed by atoms with van der Waals surface area (Å²) in [6.45, 7) is 2.31. The number of unbranched alkanes of at least 4 members (excludes halogenated alkanes) is 13. The molecular formula is C26H50. The Kier molecular flexibility index (Phi) is 12.8. The van der Waals surface area contributed by atoms with Crippen LogP contribution in [0.5, 0.6) is 0 Å². The lowest BCUT2D eigenvalue weighted by Gasteiger charge is -2.25. The molecule has 0 N–H and O–H groups in total. The highest BCUT2D eigenvalue weighted by molar-refractivity contribution is 4.85. The van der Waals surface area contributed by atoms with Crippen molar-refractivity contribution in [3.63, 3.8) is 0 Å². The predicted molar refractivity (Wildman–Crippen MR) is 118 cm³/mol. The van der Waals surface area contributed by atoms with Crippen LogP contribution in [-0.2, 0) is 0 Å². The van der Waals surface area contributed by atoms with Gasteiger partial charge in [0.05, 0.1) is 0 Å². The minimum Gasteiger partial charge on any atom is -0.0654 e. The molecule has 0 amide bonds. The molecule has 154 valence electrons. The molecule has 2 saturated carbocycles. The van der Waals surface area contributed by atoms with Crippen LogP contribution in [0, 0.1) is 17.8 Å². The predicted octanol–water partition coefficient (Wildman–Crippen LogP) is 9.46. The van der Waals surface area contributed by atoms with Crippen molar-refractivity contribution >= 4 is 0 Å². The maximum atomic E-state index is 2.31. The SMILES string of the molecule is CCCCCCCCCCCCCCCCC1CCCC1C1CCCC1. The van der Waals surface area contributed by atoms with E-state index in [1.165, 1.54) is 103 Å². The molecule has 0 heterocycles. The van der Waals surface area contributed by atoms with Crippen LogP contribution in [0.25, 0.3) is 0 Å². The van der Waals surface area contributed by atoms with Crippen molar-refractivity contribution in [2.45, 2.75) is 148 Å². The van der Waals surface area contributed by atoms with Crippen molar-refractivity contribution < 1.29 is 0 Å². The summed E-state index contributed by atoms with van der Waals surface area (Å²) < 4.78 is 0. The Morgan fingerprint density at radius 2 is 1.00 bits per heavy atom. The van der Waals surface area contributed by atoms with Crippen molar-refractivity contribution in [2.24, 2.45) is 17.8 Å². The lowest BCUT2D eigenvalue weighted by Crippen LogP contribution is -2.16. The molecule has 2 rings (SSSR count). The summed E-state index contributed by atoms with van der Waals surface area (Å²) in [6, 6.07) is 0. The molecule has 0 aromatic carbocycles. The second-order valence-electron chi connectivity index (χ2n) is 9.78. The molecule has 0 radical (unpaired) electrons. The zero-order valence-corrected chi connectivity index (χ0v) is 18.3. The van der Waals surface area contributed by atoms with E-state index in [4.69, 9.17) is 0 Å². The second kappa shape index (κ2) is 15.0. The third-order valence-corrected chi connectivity index (χ3v) is 7.65. The molecule has 0 aromatic rings. The standard InChI is InChI=1S/C26H50/c1-2-3-4-5-6-7-8-9-10-11-12-13-14-15-19-25-22-18-23-26(25)24-20-16-17-21-24/h24-26H,2-23H2,1H3. The molecular weight excluding hydrogens is 312 g/mol. The van der Waals surface area contributed by atoms with Gasteiger partial charge in [-0.2, -0.15) is 0 Å². The zero-order chi connectivity index (χ0) is 18.3. The van der Waals surface area contributed by atoms with Crippen molar-refractivity contribution in [2.75, 3.05) is 0 Å². The lowest BCUT2D eigenvalue weighted by atomic mass is 9.80. The van der Waals surface area contributed by atoms with E-state index in [2.05, 4.69) is 6.92 Å². The van der Waals surface area contributed by atoms with E-state index in [-0.39, 0.29) is 0 Å². The van der Waals surface area contributed by atoms with Gasteiger partial charge >= 0.3 is 0 Å². The van der Waals surface area contributed by atoms with Crippen LogP contribution in [0.3, 0.4) is 0 Å². The summed E-state index contributed by atoms with van der Waals surface area (Å²) in [5, 5.41) is 0. The molecule has 0 bridgehead atoms. The van der Waals surface area contributed by atoms with Gasteiger partial charge in [-0.05, 0) is 24.2 Å². The van der Waals surface area contributed by atoms with Crippen LogP contribution in [-0.4, -0.2) is 0 Å². The van der Waals surface area contributed by atoms with Gasteiger partial charge in [0.1, 0.15) is 0 Å². The first kappa shape index (κ1) is 22.3. The first-order valence-electron chi connectivity index (χ1n) is 12.9.